The summed E-state index contributed by atoms with van der Waals surface area (Å²) in [6.07, 6.45) is 3.50. The molecule has 4 heteroatoms. The van der Waals surface area contributed by atoms with Crippen LogP contribution in [-0.4, -0.2) is 20.9 Å². The average Bonchev–Trinajstić information content (AvgIpc) is 2.88. The first-order valence-corrected chi connectivity index (χ1v) is 5.56. The molecule has 2 unspecified atom stereocenters. The molecule has 1 N–H and O–H groups in total. The number of hydrogen-bond donors (Lipinski definition) is 1. The van der Waals surface area contributed by atoms with Gasteiger partial charge in [-0.2, -0.15) is 5.10 Å². The van der Waals surface area contributed by atoms with Crippen LogP contribution in [0.1, 0.15) is 59.8 Å². The summed E-state index contributed by atoms with van der Waals surface area (Å²) < 4.78 is 1.89. The lowest BCUT2D eigenvalue weighted by atomic mass is 9.95. The molecule has 15 heavy (non-hydrogen) atoms. The molecule has 2 atom stereocenters. The summed E-state index contributed by atoms with van der Waals surface area (Å²) in [4.78, 5) is 11.1. The number of carbonyl (C=O) groups is 1. The molecule has 1 aromatic heterocycles. The normalized spacial score (nSPS) is 27.0. The highest BCUT2D eigenvalue weighted by molar-refractivity contribution is 5.88. The van der Waals surface area contributed by atoms with Gasteiger partial charge in [0.25, 0.3) is 0 Å². The van der Waals surface area contributed by atoms with Gasteiger partial charge >= 0.3 is 5.97 Å². The molecule has 1 aromatic rings. The Morgan fingerprint density at radius 3 is 2.93 bits per heavy atom. The predicted octanol–water partition coefficient (Wildman–Crippen LogP) is 1.97. The third-order valence-electron chi connectivity index (χ3n) is 3.76. The van der Waals surface area contributed by atoms with Crippen LogP contribution in [0, 0.1) is 0 Å². The van der Waals surface area contributed by atoms with Crippen molar-refractivity contribution in [2.24, 2.45) is 0 Å². The first kappa shape index (κ1) is 8.95. The van der Waals surface area contributed by atoms with Crippen LogP contribution < -0.4 is 0 Å². The topological polar surface area (TPSA) is 55.1 Å². The molecule has 2 bridgehead atoms. The van der Waals surface area contributed by atoms with Gasteiger partial charge in [0.05, 0.1) is 0 Å². The summed E-state index contributed by atoms with van der Waals surface area (Å²) in [5.41, 5.74) is 2.56. The Morgan fingerprint density at radius 2 is 2.27 bits per heavy atom. The second-order valence-corrected chi connectivity index (χ2v) is 4.48. The second kappa shape index (κ2) is 2.84. The summed E-state index contributed by atoms with van der Waals surface area (Å²) >= 11 is 0. The average molecular weight is 206 g/mol. The van der Waals surface area contributed by atoms with Crippen LogP contribution in [0.25, 0.3) is 0 Å². The number of aromatic carboxylic acids is 1. The quantitative estimate of drug-likeness (QED) is 0.804. The van der Waals surface area contributed by atoms with E-state index in [-0.39, 0.29) is 0 Å². The zero-order chi connectivity index (χ0) is 10.6. The van der Waals surface area contributed by atoms with Crippen molar-refractivity contribution in [1.29, 1.82) is 0 Å². The van der Waals surface area contributed by atoms with Crippen molar-refractivity contribution in [3.63, 3.8) is 0 Å². The van der Waals surface area contributed by atoms with Gasteiger partial charge in [-0.3, -0.25) is 4.68 Å². The fraction of sp³-hybridized carbons (Fsp3) is 0.636. The van der Waals surface area contributed by atoms with Gasteiger partial charge in [-0.05, 0) is 32.1 Å². The predicted molar refractivity (Wildman–Crippen MR) is 54.2 cm³/mol. The van der Waals surface area contributed by atoms with Gasteiger partial charge in [-0.15, -0.1) is 0 Å². The fourth-order valence-electron chi connectivity index (χ4n) is 3.21. The number of fused-ring (bicyclic) bond motifs is 5. The Kier molecular flexibility index (Phi) is 1.69. The Hall–Kier alpha value is -1.32. The number of aryl methyl sites for hydroxylation is 1. The summed E-state index contributed by atoms with van der Waals surface area (Å²) in [5, 5.41) is 13.3. The van der Waals surface area contributed by atoms with Crippen molar-refractivity contribution < 1.29 is 9.90 Å². The van der Waals surface area contributed by atoms with Crippen LogP contribution in [0.15, 0.2) is 0 Å². The lowest BCUT2D eigenvalue weighted by molar-refractivity contribution is 0.0688. The van der Waals surface area contributed by atoms with E-state index in [1.54, 1.807) is 0 Å². The molecule has 1 saturated carbocycles. The standard InChI is InChI=1S/C11H14N2O2/c1-2-13-10-7-4-3-6(5-7)8(10)9(12-13)11(14)15/h6-7H,2-5H2,1H3,(H,14,15). The van der Waals surface area contributed by atoms with E-state index >= 15 is 0 Å². The van der Waals surface area contributed by atoms with Crippen LogP contribution in [-0.2, 0) is 6.54 Å². The van der Waals surface area contributed by atoms with Crippen molar-refractivity contribution in [3.05, 3.63) is 17.0 Å². The van der Waals surface area contributed by atoms with Gasteiger partial charge in [0.1, 0.15) is 0 Å². The molecule has 0 spiro atoms. The van der Waals surface area contributed by atoms with E-state index in [1.165, 1.54) is 12.1 Å². The molecule has 4 nitrogen and oxygen atoms in total. The van der Waals surface area contributed by atoms with Crippen molar-refractivity contribution >= 4 is 5.97 Å². The molecule has 0 amide bonds. The number of carboxylic acid groups (broad SMARTS) is 1. The van der Waals surface area contributed by atoms with Crippen molar-refractivity contribution in [3.8, 4) is 0 Å². The maximum Gasteiger partial charge on any atom is 0.356 e. The highest BCUT2D eigenvalue weighted by Gasteiger charge is 2.43. The van der Waals surface area contributed by atoms with Crippen molar-refractivity contribution in [2.45, 2.75) is 44.6 Å². The molecule has 80 valence electrons. The summed E-state index contributed by atoms with van der Waals surface area (Å²) in [6.45, 7) is 2.80. The molecule has 1 fully saturated rings. The van der Waals surface area contributed by atoms with Crippen LogP contribution in [0.5, 0.6) is 0 Å². The van der Waals surface area contributed by atoms with Crippen LogP contribution >= 0.6 is 0 Å². The van der Waals surface area contributed by atoms with E-state index in [4.69, 9.17) is 5.11 Å². The maximum absolute atomic E-state index is 11.1. The Balaban J connectivity index is 2.21. The zero-order valence-electron chi connectivity index (χ0n) is 8.73. The van der Waals surface area contributed by atoms with Gasteiger partial charge in [0.2, 0.25) is 0 Å². The van der Waals surface area contributed by atoms with Gasteiger partial charge in [0, 0.05) is 23.7 Å². The molecular weight excluding hydrogens is 192 g/mol. The third-order valence-corrected chi connectivity index (χ3v) is 3.76. The van der Waals surface area contributed by atoms with E-state index in [0.717, 1.165) is 24.9 Å². The minimum absolute atomic E-state index is 0.305. The molecule has 1 heterocycles. The first-order valence-electron chi connectivity index (χ1n) is 5.56. The fourth-order valence-corrected chi connectivity index (χ4v) is 3.21. The lowest BCUT2D eigenvalue weighted by Crippen LogP contribution is -2.06. The highest BCUT2D eigenvalue weighted by Crippen LogP contribution is 2.54. The number of rotatable bonds is 2. The van der Waals surface area contributed by atoms with E-state index in [0.29, 0.717) is 17.5 Å². The van der Waals surface area contributed by atoms with Gasteiger partial charge in [-0.25, -0.2) is 4.79 Å². The minimum atomic E-state index is -0.869. The van der Waals surface area contributed by atoms with E-state index in [9.17, 15) is 4.79 Å². The molecule has 0 aromatic carbocycles. The summed E-state index contributed by atoms with van der Waals surface area (Å²) in [6, 6.07) is 0. The number of carboxylic acids is 1. The van der Waals surface area contributed by atoms with Gasteiger partial charge in [0.15, 0.2) is 5.69 Å². The first-order chi connectivity index (χ1) is 7.22. The molecule has 0 saturated heterocycles. The molecular formula is C11H14N2O2. The van der Waals surface area contributed by atoms with E-state index in [2.05, 4.69) is 5.10 Å². The molecule has 2 aliphatic rings. The number of hydrogen-bond acceptors (Lipinski definition) is 2. The monoisotopic (exact) mass is 206 g/mol. The Labute approximate surface area is 87.9 Å². The van der Waals surface area contributed by atoms with Gasteiger partial charge < -0.3 is 5.11 Å². The smallest absolute Gasteiger partial charge is 0.356 e. The summed E-state index contributed by atoms with van der Waals surface area (Å²) in [7, 11) is 0. The maximum atomic E-state index is 11.1. The molecule has 0 aliphatic heterocycles. The zero-order valence-corrected chi connectivity index (χ0v) is 8.73. The highest BCUT2D eigenvalue weighted by atomic mass is 16.4. The summed E-state index contributed by atoms with van der Waals surface area (Å²) in [5.74, 6) is 0.174. The second-order valence-electron chi connectivity index (χ2n) is 4.48. The molecule has 3 rings (SSSR count). The lowest BCUT2D eigenvalue weighted by Gasteiger charge is -2.12. The Morgan fingerprint density at radius 1 is 1.53 bits per heavy atom. The Bertz CT molecular complexity index is 436. The van der Waals surface area contributed by atoms with Crippen LogP contribution in [0.3, 0.4) is 0 Å². The SMILES string of the molecule is CCn1nc(C(=O)O)c2c1C1CCC2C1. The number of nitrogens with zero attached hydrogens (tertiary/aromatic N) is 2. The minimum Gasteiger partial charge on any atom is -0.476 e. The van der Waals surface area contributed by atoms with E-state index in [1.807, 2.05) is 11.6 Å². The number of aromatic nitrogens is 2. The van der Waals surface area contributed by atoms with Crippen LogP contribution in [0.2, 0.25) is 0 Å². The van der Waals surface area contributed by atoms with Crippen molar-refractivity contribution in [2.75, 3.05) is 0 Å². The van der Waals surface area contributed by atoms with Crippen LogP contribution in [0.4, 0.5) is 0 Å². The van der Waals surface area contributed by atoms with Crippen molar-refractivity contribution in [1.82, 2.24) is 9.78 Å². The van der Waals surface area contributed by atoms with Gasteiger partial charge in [-0.1, -0.05) is 0 Å². The largest absolute Gasteiger partial charge is 0.476 e. The molecule has 0 radical (unpaired) electrons. The molecule has 2 aliphatic carbocycles. The van der Waals surface area contributed by atoms with E-state index < -0.39 is 5.97 Å². The third kappa shape index (κ3) is 1.02.